The summed E-state index contributed by atoms with van der Waals surface area (Å²) in [4.78, 5) is 18.3. The summed E-state index contributed by atoms with van der Waals surface area (Å²) in [6, 6.07) is 3.78. The van der Waals surface area contributed by atoms with E-state index < -0.39 is 11.6 Å². The predicted octanol–water partition coefficient (Wildman–Crippen LogP) is 3.43. The molecule has 0 amide bonds. The highest BCUT2D eigenvalue weighted by Crippen LogP contribution is 2.29. The Labute approximate surface area is 116 Å². The molecule has 0 saturated carbocycles. The third kappa shape index (κ3) is 2.89. The molecule has 19 heavy (non-hydrogen) atoms. The largest absolute Gasteiger partial charge is 0.306 e. The Morgan fingerprint density at radius 3 is 2.79 bits per heavy atom. The average molecular weight is 329 g/mol. The van der Waals surface area contributed by atoms with E-state index in [1.54, 1.807) is 0 Å². The zero-order valence-electron chi connectivity index (χ0n) is 10.1. The smallest absolute Gasteiger partial charge is 0.251 e. The fraction of sp³-hybridized carbons (Fsp3) is 0.231. The maximum absolute atomic E-state index is 13.5. The molecule has 6 heteroatoms. The molecule has 0 bridgehead atoms. The summed E-state index contributed by atoms with van der Waals surface area (Å²) in [5, 5.41) is 0. The first-order valence-electron chi connectivity index (χ1n) is 5.77. The molecule has 0 saturated heterocycles. The number of nitrogens with one attached hydrogen (secondary N) is 1. The lowest BCUT2D eigenvalue weighted by Gasteiger charge is -2.07. The second kappa shape index (κ2) is 5.61. The fourth-order valence-electron chi connectivity index (χ4n) is 1.73. The highest BCUT2D eigenvalue weighted by molar-refractivity contribution is 9.10. The molecule has 0 unspecified atom stereocenters. The zero-order chi connectivity index (χ0) is 14.0. The standard InChI is InChI=1S/C13H11BrF2N2O/c1-2-3-7-6-10(19)18-13(17-7)8-4-5-9(15)12(16)11(8)14/h4-6H,2-3H2,1H3,(H,17,18,19). The van der Waals surface area contributed by atoms with Crippen LogP contribution in [-0.2, 0) is 6.42 Å². The van der Waals surface area contributed by atoms with Gasteiger partial charge in [-0.1, -0.05) is 13.3 Å². The zero-order valence-corrected chi connectivity index (χ0v) is 11.7. The van der Waals surface area contributed by atoms with Crippen LogP contribution in [-0.4, -0.2) is 9.97 Å². The predicted molar refractivity (Wildman–Crippen MR) is 71.9 cm³/mol. The van der Waals surface area contributed by atoms with Gasteiger partial charge in [-0.15, -0.1) is 0 Å². The van der Waals surface area contributed by atoms with Crippen LogP contribution in [0.1, 0.15) is 19.0 Å². The van der Waals surface area contributed by atoms with Crippen molar-refractivity contribution in [2.45, 2.75) is 19.8 Å². The van der Waals surface area contributed by atoms with Gasteiger partial charge in [0.15, 0.2) is 11.6 Å². The number of aromatic amines is 1. The first kappa shape index (κ1) is 13.9. The minimum absolute atomic E-state index is 0.0516. The van der Waals surface area contributed by atoms with Crippen molar-refractivity contribution in [3.05, 3.63) is 50.4 Å². The normalized spacial score (nSPS) is 10.7. The summed E-state index contributed by atoms with van der Waals surface area (Å²) in [6.45, 7) is 1.97. The van der Waals surface area contributed by atoms with Crippen molar-refractivity contribution in [3.63, 3.8) is 0 Å². The van der Waals surface area contributed by atoms with E-state index in [0.717, 1.165) is 12.5 Å². The first-order chi connectivity index (χ1) is 9.02. The lowest BCUT2D eigenvalue weighted by molar-refractivity contribution is 0.504. The van der Waals surface area contributed by atoms with Gasteiger partial charge >= 0.3 is 0 Å². The number of aromatic nitrogens is 2. The lowest BCUT2D eigenvalue weighted by Crippen LogP contribution is -2.10. The Morgan fingerprint density at radius 1 is 1.37 bits per heavy atom. The van der Waals surface area contributed by atoms with E-state index in [1.165, 1.54) is 12.1 Å². The summed E-state index contributed by atoms with van der Waals surface area (Å²) < 4.78 is 26.5. The number of hydrogen-bond acceptors (Lipinski definition) is 2. The topological polar surface area (TPSA) is 45.8 Å². The van der Waals surface area contributed by atoms with E-state index in [1.807, 2.05) is 6.92 Å². The van der Waals surface area contributed by atoms with Crippen molar-refractivity contribution >= 4 is 15.9 Å². The van der Waals surface area contributed by atoms with Crippen molar-refractivity contribution in [1.82, 2.24) is 9.97 Å². The number of aryl methyl sites for hydroxylation is 1. The quantitative estimate of drug-likeness (QED) is 0.877. The maximum atomic E-state index is 13.5. The van der Waals surface area contributed by atoms with E-state index in [9.17, 15) is 13.6 Å². The monoisotopic (exact) mass is 328 g/mol. The maximum Gasteiger partial charge on any atom is 0.251 e. The van der Waals surface area contributed by atoms with Gasteiger partial charge in [0.1, 0.15) is 5.82 Å². The van der Waals surface area contributed by atoms with E-state index in [-0.39, 0.29) is 15.9 Å². The Hall–Kier alpha value is -1.56. The van der Waals surface area contributed by atoms with Crippen molar-refractivity contribution < 1.29 is 8.78 Å². The lowest BCUT2D eigenvalue weighted by atomic mass is 10.2. The van der Waals surface area contributed by atoms with Crippen LogP contribution in [0.15, 0.2) is 27.5 Å². The number of H-pyrrole nitrogens is 1. The Morgan fingerprint density at radius 2 is 2.11 bits per heavy atom. The molecule has 2 aromatic rings. The van der Waals surface area contributed by atoms with Gasteiger partial charge in [0.2, 0.25) is 0 Å². The van der Waals surface area contributed by atoms with Gasteiger partial charge in [-0.25, -0.2) is 13.8 Å². The van der Waals surface area contributed by atoms with Crippen molar-refractivity contribution in [2.75, 3.05) is 0 Å². The summed E-state index contributed by atoms with van der Waals surface area (Å²) in [6.07, 6.45) is 1.49. The number of hydrogen-bond donors (Lipinski definition) is 1. The molecule has 1 heterocycles. The second-order valence-electron chi connectivity index (χ2n) is 4.06. The summed E-state index contributed by atoms with van der Waals surface area (Å²) >= 11 is 2.98. The minimum atomic E-state index is -0.999. The third-order valence-electron chi connectivity index (χ3n) is 2.59. The van der Waals surface area contributed by atoms with Crippen LogP contribution in [0.5, 0.6) is 0 Å². The van der Waals surface area contributed by atoms with Crippen LogP contribution in [0.4, 0.5) is 8.78 Å². The SMILES string of the molecule is CCCc1cc(=O)[nH]c(-c2ccc(F)c(F)c2Br)n1. The van der Waals surface area contributed by atoms with Gasteiger partial charge in [-0.3, -0.25) is 4.79 Å². The second-order valence-corrected chi connectivity index (χ2v) is 4.85. The van der Waals surface area contributed by atoms with E-state index >= 15 is 0 Å². The molecule has 3 nitrogen and oxygen atoms in total. The summed E-state index contributed by atoms with van der Waals surface area (Å²) in [7, 11) is 0. The van der Waals surface area contributed by atoms with Crippen LogP contribution >= 0.6 is 15.9 Å². The van der Waals surface area contributed by atoms with Crippen LogP contribution in [0, 0.1) is 11.6 Å². The number of halogens is 3. The molecule has 1 aromatic heterocycles. The molecular weight excluding hydrogens is 318 g/mol. The van der Waals surface area contributed by atoms with E-state index in [2.05, 4.69) is 25.9 Å². The fourth-order valence-corrected chi connectivity index (χ4v) is 2.24. The molecule has 1 N–H and O–H groups in total. The number of benzene rings is 1. The van der Waals surface area contributed by atoms with Gasteiger partial charge in [0.25, 0.3) is 5.56 Å². The molecule has 100 valence electrons. The highest BCUT2D eigenvalue weighted by atomic mass is 79.9. The van der Waals surface area contributed by atoms with Gasteiger partial charge in [0.05, 0.1) is 4.47 Å². The van der Waals surface area contributed by atoms with E-state index in [4.69, 9.17) is 0 Å². The van der Waals surface area contributed by atoms with Crippen LogP contribution in [0.2, 0.25) is 0 Å². The van der Waals surface area contributed by atoms with Crippen molar-refractivity contribution in [2.24, 2.45) is 0 Å². The minimum Gasteiger partial charge on any atom is -0.306 e. The Bertz CT molecular complexity index is 670. The van der Waals surface area contributed by atoms with Crippen LogP contribution in [0.25, 0.3) is 11.4 Å². The molecule has 0 aliphatic carbocycles. The third-order valence-corrected chi connectivity index (χ3v) is 3.37. The van der Waals surface area contributed by atoms with Crippen LogP contribution in [0.3, 0.4) is 0 Å². The van der Waals surface area contributed by atoms with Crippen LogP contribution < -0.4 is 5.56 Å². The molecular formula is C13H11BrF2N2O. The molecule has 0 fully saturated rings. The summed E-state index contributed by atoms with van der Waals surface area (Å²) in [5.74, 6) is -1.73. The Kier molecular flexibility index (Phi) is 4.09. The molecule has 1 aromatic carbocycles. The van der Waals surface area contributed by atoms with Gasteiger partial charge in [-0.2, -0.15) is 0 Å². The van der Waals surface area contributed by atoms with Gasteiger partial charge < -0.3 is 4.98 Å². The van der Waals surface area contributed by atoms with Gasteiger partial charge in [0, 0.05) is 17.3 Å². The highest BCUT2D eigenvalue weighted by Gasteiger charge is 2.14. The molecule has 0 radical (unpaired) electrons. The molecule has 0 aliphatic rings. The Balaban J connectivity index is 2.59. The molecule has 0 atom stereocenters. The average Bonchev–Trinajstić information content (AvgIpc) is 2.36. The number of nitrogens with zero attached hydrogens (tertiary/aromatic N) is 1. The van der Waals surface area contributed by atoms with E-state index in [0.29, 0.717) is 17.7 Å². The van der Waals surface area contributed by atoms with Crippen molar-refractivity contribution in [3.8, 4) is 11.4 Å². The number of rotatable bonds is 3. The molecule has 0 aliphatic heterocycles. The van der Waals surface area contributed by atoms with Crippen molar-refractivity contribution in [1.29, 1.82) is 0 Å². The molecule has 2 rings (SSSR count). The summed E-state index contributed by atoms with van der Waals surface area (Å²) in [5.41, 5.74) is 0.622. The molecule has 0 spiro atoms. The first-order valence-corrected chi connectivity index (χ1v) is 6.56. The van der Waals surface area contributed by atoms with Gasteiger partial charge in [-0.05, 0) is 34.5 Å².